The van der Waals surface area contributed by atoms with Crippen molar-refractivity contribution in [2.45, 2.75) is 6.92 Å². The van der Waals surface area contributed by atoms with Crippen molar-refractivity contribution in [1.29, 1.82) is 0 Å². The van der Waals surface area contributed by atoms with Gasteiger partial charge in [-0.1, -0.05) is 6.07 Å². The molecule has 5 rings (SSSR count). The summed E-state index contributed by atoms with van der Waals surface area (Å²) in [5.41, 5.74) is 6.98. The number of hydrogen-bond donors (Lipinski definition) is 1. The Morgan fingerprint density at radius 1 is 1.00 bits per heavy atom. The van der Waals surface area contributed by atoms with E-state index >= 15 is 0 Å². The van der Waals surface area contributed by atoms with E-state index in [1.165, 1.54) is 0 Å². The maximum atomic E-state index is 4.58. The number of hydrogen-bond acceptors (Lipinski definition) is 4. The molecule has 5 heterocycles. The molecule has 0 spiro atoms. The molecule has 0 atom stereocenters. The fourth-order valence-corrected chi connectivity index (χ4v) is 3.16. The molecule has 0 unspecified atom stereocenters. The van der Waals surface area contributed by atoms with Gasteiger partial charge in [0.05, 0.1) is 0 Å². The lowest BCUT2D eigenvalue weighted by Crippen LogP contribution is -1.89. The SMILES string of the molecule is Cc1ncccc1-c1cnc2[nH]cc(-c3ccc4ncnn4c3)c2c1. The van der Waals surface area contributed by atoms with Crippen LogP contribution in [-0.2, 0) is 0 Å². The average Bonchev–Trinajstić information content (AvgIpc) is 3.27. The van der Waals surface area contributed by atoms with Crippen molar-refractivity contribution >= 4 is 16.7 Å². The molecule has 6 nitrogen and oxygen atoms in total. The van der Waals surface area contributed by atoms with Crippen LogP contribution in [0.25, 0.3) is 38.9 Å². The third-order valence-electron chi connectivity index (χ3n) is 4.43. The summed E-state index contributed by atoms with van der Waals surface area (Å²) in [5.74, 6) is 0. The van der Waals surface area contributed by atoms with Crippen molar-refractivity contribution in [3.63, 3.8) is 0 Å². The average molecular weight is 326 g/mol. The van der Waals surface area contributed by atoms with Crippen LogP contribution in [0.5, 0.6) is 0 Å². The van der Waals surface area contributed by atoms with Gasteiger partial charge >= 0.3 is 0 Å². The largest absolute Gasteiger partial charge is 0.346 e. The molecule has 25 heavy (non-hydrogen) atoms. The van der Waals surface area contributed by atoms with Crippen LogP contribution in [0.2, 0.25) is 0 Å². The molecule has 0 radical (unpaired) electrons. The zero-order valence-electron chi connectivity index (χ0n) is 13.5. The highest BCUT2D eigenvalue weighted by Crippen LogP contribution is 2.31. The van der Waals surface area contributed by atoms with Crippen LogP contribution in [0.15, 0.2) is 61.4 Å². The molecule has 0 fully saturated rings. The lowest BCUT2D eigenvalue weighted by atomic mass is 10.0. The third-order valence-corrected chi connectivity index (χ3v) is 4.43. The monoisotopic (exact) mass is 326 g/mol. The van der Waals surface area contributed by atoms with E-state index in [2.05, 4.69) is 43.2 Å². The molecule has 0 aliphatic rings. The first-order chi connectivity index (χ1) is 12.3. The molecule has 0 aliphatic heterocycles. The number of pyridine rings is 3. The van der Waals surface area contributed by atoms with Crippen LogP contribution in [0.4, 0.5) is 0 Å². The summed E-state index contributed by atoms with van der Waals surface area (Å²) >= 11 is 0. The Labute approximate surface area is 143 Å². The van der Waals surface area contributed by atoms with Crippen LogP contribution < -0.4 is 0 Å². The van der Waals surface area contributed by atoms with Gasteiger partial charge in [0.25, 0.3) is 0 Å². The van der Waals surface area contributed by atoms with Crippen LogP contribution >= 0.6 is 0 Å². The Kier molecular flexibility index (Phi) is 2.90. The van der Waals surface area contributed by atoms with Gasteiger partial charge in [-0.3, -0.25) is 4.98 Å². The summed E-state index contributed by atoms with van der Waals surface area (Å²) < 4.78 is 1.77. The van der Waals surface area contributed by atoms with Crippen molar-refractivity contribution in [2.75, 3.05) is 0 Å². The van der Waals surface area contributed by atoms with Crippen molar-refractivity contribution in [3.8, 4) is 22.3 Å². The molecule has 0 bridgehead atoms. The number of nitrogens with one attached hydrogen (secondary N) is 1. The highest BCUT2D eigenvalue weighted by molar-refractivity contribution is 5.95. The number of aromatic nitrogens is 6. The second-order valence-corrected chi connectivity index (χ2v) is 5.94. The van der Waals surface area contributed by atoms with E-state index < -0.39 is 0 Å². The first-order valence-corrected chi connectivity index (χ1v) is 7.98. The van der Waals surface area contributed by atoms with Gasteiger partial charge in [0, 0.05) is 58.1 Å². The number of aryl methyl sites for hydroxylation is 1. The molecule has 120 valence electrons. The number of aromatic amines is 1. The van der Waals surface area contributed by atoms with E-state index in [0.29, 0.717) is 0 Å². The van der Waals surface area contributed by atoms with Crippen LogP contribution in [0.1, 0.15) is 5.69 Å². The Hall–Kier alpha value is -3.54. The second-order valence-electron chi connectivity index (χ2n) is 5.94. The van der Waals surface area contributed by atoms with Gasteiger partial charge in [-0.2, -0.15) is 5.10 Å². The number of nitrogens with zero attached hydrogens (tertiary/aromatic N) is 5. The molecular formula is C19H14N6. The molecule has 0 saturated carbocycles. The van der Waals surface area contributed by atoms with E-state index in [9.17, 15) is 0 Å². The molecule has 0 saturated heterocycles. The minimum absolute atomic E-state index is 0.827. The standard InChI is InChI=1S/C19H14N6/c1-12-15(3-2-6-20-12)14-7-16-17(9-22-19(16)21-8-14)13-4-5-18-23-11-24-25(18)10-13/h2-11H,1H3,(H,21,22). The van der Waals surface area contributed by atoms with Gasteiger partial charge in [0.1, 0.15) is 12.0 Å². The van der Waals surface area contributed by atoms with E-state index in [1.807, 2.05) is 37.6 Å². The zero-order valence-corrected chi connectivity index (χ0v) is 13.5. The molecular weight excluding hydrogens is 312 g/mol. The maximum Gasteiger partial charge on any atom is 0.155 e. The van der Waals surface area contributed by atoms with Crippen molar-refractivity contribution in [3.05, 3.63) is 67.1 Å². The Bertz CT molecular complexity index is 1220. The fraction of sp³-hybridized carbons (Fsp3) is 0.0526. The van der Waals surface area contributed by atoms with E-state index in [4.69, 9.17) is 0 Å². The minimum atomic E-state index is 0.827. The first kappa shape index (κ1) is 13.9. The number of fused-ring (bicyclic) bond motifs is 2. The van der Waals surface area contributed by atoms with E-state index in [0.717, 1.165) is 44.6 Å². The van der Waals surface area contributed by atoms with Gasteiger partial charge in [-0.05, 0) is 31.2 Å². The summed E-state index contributed by atoms with van der Waals surface area (Å²) in [4.78, 5) is 16.4. The Balaban J connectivity index is 1.71. The van der Waals surface area contributed by atoms with Crippen LogP contribution in [0, 0.1) is 6.92 Å². The molecule has 0 aromatic carbocycles. The minimum Gasteiger partial charge on any atom is -0.346 e. The molecule has 5 aromatic rings. The fourth-order valence-electron chi connectivity index (χ4n) is 3.16. The number of H-pyrrole nitrogens is 1. The molecule has 5 aromatic heterocycles. The summed E-state index contributed by atoms with van der Waals surface area (Å²) in [5, 5.41) is 5.29. The first-order valence-electron chi connectivity index (χ1n) is 7.98. The summed E-state index contributed by atoms with van der Waals surface area (Å²) in [7, 11) is 0. The summed E-state index contributed by atoms with van der Waals surface area (Å²) in [6.45, 7) is 2.01. The lowest BCUT2D eigenvalue weighted by molar-refractivity contribution is 0.963. The molecule has 0 aliphatic carbocycles. The Morgan fingerprint density at radius 3 is 2.88 bits per heavy atom. The zero-order chi connectivity index (χ0) is 16.8. The van der Waals surface area contributed by atoms with Gasteiger partial charge in [0.2, 0.25) is 0 Å². The third kappa shape index (κ3) is 2.19. The van der Waals surface area contributed by atoms with Crippen LogP contribution in [-0.4, -0.2) is 29.5 Å². The van der Waals surface area contributed by atoms with E-state index in [-0.39, 0.29) is 0 Å². The second kappa shape index (κ2) is 5.24. The van der Waals surface area contributed by atoms with Crippen molar-refractivity contribution in [2.24, 2.45) is 0 Å². The lowest BCUT2D eigenvalue weighted by Gasteiger charge is -2.06. The van der Waals surface area contributed by atoms with Gasteiger partial charge < -0.3 is 4.98 Å². The normalized spacial score (nSPS) is 11.4. The number of rotatable bonds is 2. The topological polar surface area (TPSA) is 71.8 Å². The predicted octanol–water partition coefficient (Wildman–Crippen LogP) is 3.64. The molecule has 6 heteroatoms. The van der Waals surface area contributed by atoms with E-state index in [1.54, 1.807) is 17.0 Å². The highest BCUT2D eigenvalue weighted by atomic mass is 15.3. The van der Waals surface area contributed by atoms with Gasteiger partial charge in [-0.15, -0.1) is 0 Å². The van der Waals surface area contributed by atoms with Crippen molar-refractivity contribution in [1.82, 2.24) is 29.5 Å². The molecule has 0 amide bonds. The molecule has 1 N–H and O–H groups in total. The van der Waals surface area contributed by atoms with Crippen molar-refractivity contribution < 1.29 is 0 Å². The smallest absolute Gasteiger partial charge is 0.155 e. The highest BCUT2D eigenvalue weighted by Gasteiger charge is 2.11. The van der Waals surface area contributed by atoms with Crippen LogP contribution in [0.3, 0.4) is 0 Å². The summed E-state index contributed by atoms with van der Waals surface area (Å²) in [6.07, 6.45) is 9.20. The summed E-state index contributed by atoms with van der Waals surface area (Å²) in [6, 6.07) is 10.2. The Morgan fingerprint density at radius 2 is 1.96 bits per heavy atom. The van der Waals surface area contributed by atoms with Gasteiger partial charge in [0.15, 0.2) is 5.65 Å². The quantitative estimate of drug-likeness (QED) is 0.537. The van der Waals surface area contributed by atoms with Gasteiger partial charge in [-0.25, -0.2) is 14.5 Å². The predicted molar refractivity (Wildman–Crippen MR) is 96.0 cm³/mol. The maximum absolute atomic E-state index is 4.58.